The van der Waals surface area contributed by atoms with E-state index >= 15 is 0 Å². The molecule has 0 aliphatic carbocycles. The summed E-state index contributed by atoms with van der Waals surface area (Å²) in [5, 5.41) is 11.7. The van der Waals surface area contributed by atoms with E-state index in [4.69, 9.17) is 5.11 Å². The van der Waals surface area contributed by atoms with Crippen molar-refractivity contribution in [2.45, 2.75) is 32.2 Å². The summed E-state index contributed by atoms with van der Waals surface area (Å²) in [6.45, 7) is 3.68. The van der Waals surface area contributed by atoms with Crippen LogP contribution in [-0.4, -0.2) is 41.8 Å². The lowest BCUT2D eigenvalue weighted by atomic mass is 10.2. The van der Waals surface area contributed by atoms with Crippen molar-refractivity contribution in [1.29, 1.82) is 0 Å². The first-order valence-corrected chi connectivity index (χ1v) is 4.94. The molecule has 76 valence electrons. The number of hydrogen-bond donors (Lipinski definition) is 2. The highest BCUT2D eigenvalue weighted by molar-refractivity contribution is 5.74. The summed E-state index contributed by atoms with van der Waals surface area (Å²) in [6, 6.07) is -0.119. The Morgan fingerprint density at radius 1 is 1.54 bits per heavy atom. The minimum absolute atomic E-state index is 0.0239. The Kier molecular flexibility index (Phi) is 4.02. The number of aliphatic hydroxyl groups excluding tert-OH is 1. The molecule has 0 aromatic heterocycles. The number of likely N-dealkylation sites (tertiary alicyclic amines) is 1. The first-order chi connectivity index (χ1) is 6.27. The molecule has 1 aliphatic rings. The number of urea groups is 1. The van der Waals surface area contributed by atoms with Gasteiger partial charge in [-0.15, -0.1) is 0 Å². The van der Waals surface area contributed by atoms with E-state index in [-0.39, 0.29) is 18.7 Å². The predicted octanol–water partition coefficient (Wildman–Crippen LogP) is 0.563. The van der Waals surface area contributed by atoms with E-state index in [1.54, 1.807) is 4.90 Å². The van der Waals surface area contributed by atoms with Crippen molar-refractivity contribution in [3.63, 3.8) is 0 Å². The Bertz CT molecular complexity index is 163. The molecule has 0 spiro atoms. The summed E-state index contributed by atoms with van der Waals surface area (Å²) in [7, 11) is 0. The molecule has 4 nitrogen and oxygen atoms in total. The van der Waals surface area contributed by atoms with Crippen LogP contribution < -0.4 is 5.32 Å². The number of amides is 2. The zero-order valence-electron chi connectivity index (χ0n) is 8.12. The van der Waals surface area contributed by atoms with Crippen molar-refractivity contribution in [2.75, 3.05) is 19.7 Å². The van der Waals surface area contributed by atoms with Crippen molar-refractivity contribution in [1.82, 2.24) is 10.2 Å². The van der Waals surface area contributed by atoms with Gasteiger partial charge in [-0.2, -0.15) is 0 Å². The second-order valence-electron chi connectivity index (χ2n) is 3.43. The van der Waals surface area contributed by atoms with Gasteiger partial charge in [0.05, 0.1) is 12.6 Å². The molecular formula is C9H18N2O2. The van der Waals surface area contributed by atoms with Crippen LogP contribution in [0, 0.1) is 0 Å². The summed E-state index contributed by atoms with van der Waals surface area (Å²) in [5.41, 5.74) is 0. The molecule has 1 saturated heterocycles. The van der Waals surface area contributed by atoms with Gasteiger partial charge in [0.2, 0.25) is 0 Å². The van der Waals surface area contributed by atoms with Gasteiger partial charge in [-0.05, 0) is 19.3 Å². The van der Waals surface area contributed by atoms with E-state index in [1.165, 1.54) is 0 Å². The maximum Gasteiger partial charge on any atom is 0.317 e. The molecule has 1 heterocycles. The third-order valence-corrected chi connectivity index (χ3v) is 2.43. The smallest absolute Gasteiger partial charge is 0.317 e. The van der Waals surface area contributed by atoms with Crippen LogP contribution in [0.2, 0.25) is 0 Å². The molecule has 0 bridgehead atoms. The lowest BCUT2D eigenvalue weighted by Gasteiger charge is -2.20. The Morgan fingerprint density at radius 3 is 2.62 bits per heavy atom. The number of nitrogens with zero attached hydrogens (tertiary/aromatic N) is 1. The molecule has 0 aromatic carbocycles. The Labute approximate surface area is 78.9 Å². The van der Waals surface area contributed by atoms with Gasteiger partial charge in [0.1, 0.15) is 0 Å². The van der Waals surface area contributed by atoms with E-state index in [0.717, 1.165) is 32.4 Å². The highest BCUT2D eigenvalue weighted by Crippen LogP contribution is 2.07. The van der Waals surface area contributed by atoms with Crippen molar-refractivity contribution < 1.29 is 9.90 Å². The van der Waals surface area contributed by atoms with E-state index in [9.17, 15) is 4.79 Å². The predicted molar refractivity (Wildman–Crippen MR) is 50.5 cm³/mol. The highest BCUT2D eigenvalue weighted by Gasteiger charge is 2.19. The quantitative estimate of drug-likeness (QED) is 0.676. The highest BCUT2D eigenvalue weighted by atomic mass is 16.3. The molecule has 4 heteroatoms. The summed E-state index contributed by atoms with van der Waals surface area (Å²) >= 11 is 0. The van der Waals surface area contributed by atoms with Gasteiger partial charge >= 0.3 is 6.03 Å². The lowest BCUT2D eigenvalue weighted by Crippen LogP contribution is -2.44. The lowest BCUT2D eigenvalue weighted by molar-refractivity contribution is 0.189. The molecule has 2 amide bonds. The van der Waals surface area contributed by atoms with Crippen molar-refractivity contribution >= 4 is 6.03 Å². The van der Waals surface area contributed by atoms with Crippen LogP contribution in [0.4, 0.5) is 4.79 Å². The molecule has 1 atom stereocenters. The number of rotatable bonds is 3. The van der Waals surface area contributed by atoms with Crippen LogP contribution in [0.3, 0.4) is 0 Å². The van der Waals surface area contributed by atoms with Crippen molar-refractivity contribution in [2.24, 2.45) is 0 Å². The van der Waals surface area contributed by atoms with Crippen LogP contribution in [0.1, 0.15) is 26.2 Å². The second kappa shape index (κ2) is 5.07. The monoisotopic (exact) mass is 186 g/mol. The Morgan fingerprint density at radius 2 is 2.15 bits per heavy atom. The molecule has 13 heavy (non-hydrogen) atoms. The van der Waals surface area contributed by atoms with Gasteiger partial charge in [-0.25, -0.2) is 4.79 Å². The van der Waals surface area contributed by atoms with Gasteiger partial charge in [0, 0.05) is 13.1 Å². The summed E-state index contributed by atoms with van der Waals surface area (Å²) in [4.78, 5) is 13.3. The summed E-state index contributed by atoms with van der Waals surface area (Å²) in [5.74, 6) is 0. The average molecular weight is 186 g/mol. The van der Waals surface area contributed by atoms with Gasteiger partial charge in [-0.1, -0.05) is 6.92 Å². The van der Waals surface area contributed by atoms with Gasteiger partial charge in [-0.3, -0.25) is 0 Å². The van der Waals surface area contributed by atoms with Gasteiger partial charge < -0.3 is 15.3 Å². The molecule has 2 N–H and O–H groups in total. The Hall–Kier alpha value is -0.770. The van der Waals surface area contributed by atoms with E-state index in [1.807, 2.05) is 6.92 Å². The number of hydrogen-bond acceptors (Lipinski definition) is 2. The molecule has 1 rings (SSSR count). The number of aliphatic hydroxyl groups is 1. The van der Waals surface area contributed by atoms with Gasteiger partial charge in [0.25, 0.3) is 0 Å². The normalized spacial score (nSPS) is 18.8. The standard InChI is InChI=1S/C9H18N2O2/c1-2-8(7-12)10-9(13)11-5-3-4-6-11/h8,12H,2-7H2,1H3,(H,10,13)/t8-/m1/s1. The van der Waals surface area contributed by atoms with E-state index in [0.29, 0.717) is 0 Å². The van der Waals surface area contributed by atoms with E-state index < -0.39 is 0 Å². The number of carbonyl (C=O) groups excluding carboxylic acids is 1. The van der Waals surface area contributed by atoms with Crippen LogP contribution in [-0.2, 0) is 0 Å². The molecule has 0 aromatic rings. The Balaban J connectivity index is 2.30. The maximum atomic E-state index is 11.5. The zero-order chi connectivity index (χ0) is 9.68. The van der Waals surface area contributed by atoms with Gasteiger partial charge in [0.15, 0.2) is 0 Å². The molecular weight excluding hydrogens is 168 g/mol. The summed E-state index contributed by atoms with van der Waals surface area (Å²) < 4.78 is 0. The SMILES string of the molecule is CC[C@H](CO)NC(=O)N1CCCC1. The van der Waals surface area contributed by atoms with Crippen LogP contribution in [0.25, 0.3) is 0 Å². The first kappa shape index (κ1) is 10.3. The third-order valence-electron chi connectivity index (χ3n) is 2.43. The fraction of sp³-hybridized carbons (Fsp3) is 0.889. The van der Waals surface area contributed by atoms with Crippen molar-refractivity contribution in [3.05, 3.63) is 0 Å². The van der Waals surface area contributed by atoms with E-state index in [2.05, 4.69) is 5.32 Å². The zero-order valence-corrected chi connectivity index (χ0v) is 8.12. The third kappa shape index (κ3) is 2.88. The number of carbonyl (C=O) groups is 1. The molecule has 1 aliphatic heterocycles. The summed E-state index contributed by atoms with van der Waals surface area (Å²) in [6.07, 6.45) is 2.97. The first-order valence-electron chi connectivity index (χ1n) is 4.94. The molecule has 0 unspecified atom stereocenters. The number of nitrogens with one attached hydrogen (secondary N) is 1. The largest absolute Gasteiger partial charge is 0.394 e. The van der Waals surface area contributed by atoms with Crippen molar-refractivity contribution in [3.8, 4) is 0 Å². The fourth-order valence-electron chi connectivity index (χ4n) is 1.46. The minimum Gasteiger partial charge on any atom is -0.394 e. The maximum absolute atomic E-state index is 11.5. The fourth-order valence-corrected chi connectivity index (χ4v) is 1.46. The van der Waals surface area contributed by atoms with Crippen LogP contribution >= 0.6 is 0 Å². The topological polar surface area (TPSA) is 52.6 Å². The minimum atomic E-state index is -0.0897. The molecule has 1 fully saturated rings. The van der Waals surface area contributed by atoms with Crippen LogP contribution in [0.5, 0.6) is 0 Å². The second-order valence-corrected chi connectivity index (χ2v) is 3.43. The van der Waals surface area contributed by atoms with Crippen LogP contribution in [0.15, 0.2) is 0 Å². The molecule has 0 radical (unpaired) electrons. The molecule has 0 saturated carbocycles. The average Bonchev–Trinajstić information content (AvgIpc) is 2.66.